The van der Waals surface area contributed by atoms with Crippen molar-refractivity contribution in [2.45, 2.75) is 46.6 Å². The van der Waals surface area contributed by atoms with Crippen molar-refractivity contribution in [3.63, 3.8) is 0 Å². The van der Waals surface area contributed by atoms with Crippen LogP contribution in [-0.2, 0) is 14.3 Å². The van der Waals surface area contributed by atoms with Gasteiger partial charge in [0.25, 0.3) is 5.91 Å². The second-order valence-corrected chi connectivity index (χ2v) is 7.91. The largest absolute Gasteiger partial charge is 0.456 e. The number of ether oxygens (including phenoxy) is 1. The standard InChI is InChI=1S/C21H25NO4S/c1-13-5-7-17(11-14(13)2)16(4)22-20(24)12-26-21(25)10-8-18(23)19-9-6-15(3)27-19/h5-7,9,11,16H,8,10,12H2,1-4H3,(H,22,24). The molecule has 144 valence electrons. The Morgan fingerprint density at radius 1 is 1.04 bits per heavy atom. The Balaban J connectivity index is 1.73. The zero-order valence-corrected chi connectivity index (χ0v) is 16.9. The van der Waals surface area contributed by atoms with Crippen molar-refractivity contribution in [2.24, 2.45) is 0 Å². The summed E-state index contributed by atoms with van der Waals surface area (Å²) in [6.07, 6.45) is 0.0508. The van der Waals surface area contributed by atoms with Gasteiger partial charge in [-0.3, -0.25) is 14.4 Å². The van der Waals surface area contributed by atoms with Crippen LogP contribution in [0.3, 0.4) is 0 Å². The summed E-state index contributed by atoms with van der Waals surface area (Å²) in [7, 11) is 0. The minimum atomic E-state index is -0.550. The molecule has 1 atom stereocenters. The van der Waals surface area contributed by atoms with Crippen molar-refractivity contribution in [3.05, 3.63) is 56.8 Å². The number of thiophene rings is 1. The van der Waals surface area contributed by atoms with E-state index in [9.17, 15) is 14.4 Å². The molecule has 0 spiro atoms. The Hall–Kier alpha value is -2.47. The quantitative estimate of drug-likeness (QED) is 0.548. The molecule has 1 N–H and O–H groups in total. The molecular weight excluding hydrogens is 362 g/mol. The lowest BCUT2D eigenvalue weighted by atomic mass is 10.0. The number of carbonyl (C=O) groups excluding carboxylic acids is 3. The van der Waals surface area contributed by atoms with E-state index in [-0.39, 0.29) is 37.2 Å². The molecule has 0 aliphatic rings. The number of aryl methyl sites for hydroxylation is 3. The number of hydrogen-bond acceptors (Lipinski definition) is 5. The SMILES string of the molecule is Cc1ccc(C(=O)CCC(=O)OCC(=O)NC(C)c2ccc(C)c(C)c2)s1. The summed E-state index contributed by atoms with van der Waals surface area (Å²) in [6.45, 7) is 7.51. The van der Waals surface area contributed by atoms with Crippen LogP contribution in [0.25, 0.3) is 0 Å². The number of rotatable bonds is 8. The van der Waals surface area contributed by atoms with Gasteiger partial charge in [0.05, 0.1) is 17.3 Å². The van der Waals surface area contributed by atoms with Gasteiger partial charge < -0.3 is 10.1 Å². The first kappa shape index (κ1) is 20.8. The molecule has 1 aromatic carbocycles. The molecule has 2 aromatic rings. The van der Waals surface area contributed by atoms with E-state index in [4.69, 9.17) is 4.74 Å². The number of ketones is 1. The lowest BCUT2D eigenvalue weighted by Crippen LogP contribution is -2.31. The Labute approximate surface area is 163 Å². The van der Waals surface area contributed by atoms with Gasteiger partial charge in [-0.15, -0.1) is 11.3 Å². The maximum Gasteiger partial charge on any atom is 0.306 e. The molecule has 1 heterocycles. The number of hydrogen-bond donors (Lipinski definition) is 1. The molecule has 0 radical (unpaired) electrons. The molecule has 0 saturated carbocycles. The summed E-state index contributed by atoms with van der Waals surface area (Å²) in [6, 6.07) is 9.46. The van der Waals surface area contributed by atoms with Gasteiger partial charge in [-0.2, -0.15) is 0 Å². The minimum Gasteiger partial charge on any atom is -0.456 e. The smallest absolute Gasteiger partial charge is 0.306 e. The van der Waals surface area contributed by atoms with Crippen molar-refractivity contribution in [2.75, 3.05) is 6.61 Å². The first-order chi connectivity index (χ1) is 12.8. The van der Waals surface area contributed by atoms with E-state index in [0.29, 0.717) is 4.88 Å². The molecule has 1 amide bonds. The molecule has 0 aliphatic heterocycles. The second kappa shape index (κ2) is 9.46. The van der Waals surface area contributed by atoms with E-state index in [1.54, 1.807) is 6.07 Å². The predicted octanol–water partition coefficient (Wildman–Crippen LogP) is 4.06. The van der Waals surface area contributed by atoms with Gasteiger partial charge in [0.15, 0.2) is 12.4 Å². The monoisotopic (exact) mass is 387 g/mol. The Morgan fingerprint density at radius 3 is 2.41 bits per heavy atom. The summed E-state index contributed by atoms with van der Waals surface area (Å²) < 4.78 is 4.98. The molecule has 0 aliphatic carbocycles. The van der Waals surface area contributed by atoms with Crippen LogP contribution in [0.15, 0.2) is 30.3 Å². The first-order valence-electron chi connectivity index (χ1n) is 8.88. The van der Waals surface area contributed by atoms with Gasteiger partial charge >= 0.3 is 5.97 Å². The van der Waals surface area contributed by atoms with Crippen LogP contribution in [-0.4, -0.2) is 24.3 Å². The highest BCUT2D eigenvalue weighted by Gasteiger charge is 2.15. The van der Waals surface area contributed by atoms with Gasteiger partial charge in [-0.05, 0) is 56.5 Å². The van der Waals surface area contributed by atoms with E-state index in [1.807, 2.05) is 52.0 Å². The third-order valence-electron chi connectivity index (χ3n) is 4.34. The summed E-state index contributed by atoms with van der Waals surface area (Å²) in [4.78, 5) is 37.4. The van der Waals surface area contributed by atoms with Crippen molar-refractivity contribution in [1.29, 1.82) is 0 Å². The molecule has 0 saturated heterocycles. The van der Waals surface area contributed by atoms with Crippen molar-refractivity contribution < 1.29 is 19.1 Å². The van der Waals surface area contributed by atoms with E-state index >= 15 is 0 Å². The third-order valence-corrected chi connectivity index (χ3v) is 5.39. The molecule has 1 aromatic heterocycles. The van der Waals surface area contributed by atoms with Crippen LogP contribution in [0.4, 0.5) is 0 Å². The zero-order valence-electron chi connectivity index (χ0n) is 16.1. The van der Waals surface area contributed by atoms with Gasteiger partial charge in [-0.1, -0.05) is 18.2 Å². The molecule has 5 nitrogen and oxygen atoms in total. The molecule has 0 fully saturated rings. The highest BCUT2D eigenvalue weighted by Crippen LogP contribution is 2.18. The van der Waals surface area contributed by atoms with E-state index in [2.05, 4.69) is 5.32 Å². The maximum absolute atomic E-state index is 12.0. The minimum absolute atomic E-state index is 0.0320. The second-order valence-electron chi connectivity index (χ2n) is 6.63. The van der Waals surface area contributed by atoms with Crippen LogP contribution in [0.5, 0.6) is 0 Å². The fourth-order valence-electron chi connectivity index (χ4n) is 2.54. The highest BCUT2D eigenvalue weighted by molar-refractivity contribution is 7.14. The summed E-state index contributed by atoms with van der Waals surface area (Å²) in [5.41, 5.74) is 3.35. The fourth-order valence-corrected chi connectivity index (χ4v) is 3.38. The van der Waals surface area contributed by atoms with Gasteiger partial charge in [0, 0.05) is 11.3 Å². The highest BCUT2D eigenvalue weighted by atomic mass is 32.1. The molecular formula is C21H25NO4S. The van der Waals surface area contributed by atoms with Crippen molar-refractivity contribution >= 4 is 29.0 Å². The third kappa shape index (κ3) is 6.32. The zero-order chi connectivity index (χ0) is 20.0. The average Bonchev–Trinajstić information content (AvgIpc) is 3.06. The fraction of sp³-hybridized carbons (Fsp3) is 0.381. The van der Waals surface area contributed by atoms with Crippen molar-refractivity contribution in [1.82, 2.24) is 5.32 Å². The number of amides is 1. The lowest BCUT2D eigenvalue weighted by molar-refractivity contribution is -0.148. The van der Waals surface area contributed by atoms with Crippen LogP contribution >= 0.6 is 11.3 Å². The summed E-state index contributed by atoms with van der Waals surface area (Å²) in [5, 5.41) is 2.81. The number of Topliss-reactive ketones (excluding diaryl/α,β-unsaturated/α-hetero) is 1. The van der Waals surface area contributed by atoms with Crippen LogP contribution in [0.2, 0.25) is 0 Å². The normalized spacial score (nSPS) is 11.7. The number of nitrogens with one attached hydrogen (secondary N) is 1. The van der Waals surface area contributed by atoms with Crippen LogP contribution in [0, 0.1) is 20.8 Å². The van der Waals surface area contributed by atoms with Gasteiger partial charge in [0.2, 0.25) is 0 Å². The van der Waals surface area contributed by atoms with E-state index < -0.39 is 5.97 Å². The number of benzene rings is 1. The van der Waals surface area contributed by atoms with Crippen LogP contribution < -0.4 is 5.32 Å². The van der Waals surface area contributed by atoms with E-state index in [1.165, 1.54) is 16.9 Å². The molecule has 1 unspecified atom stereocenters. The summed E-state index contributed by atoms with van der Waals surface area (Å²) in [5.74, 6) is -1.00. The molecule has 2 rings (SSSR count). The first-order valence-corrected chi connectivity index (χ1v) is 9.69. The Kier molecular flexibility index (Phi) is 7.30. The number of carbonyl (C=O) groups is 3. The van der Waals surface area contributed by atoms with Crippen LogP contribution in [0.1, 0.15) is 57.0 Å². The molecule has 6 heteroatoms. The molecule has 0 bridgehead atoms. The van der Waals surface area contributed by atoms with Gasteiger partial charge in [0.1, 0.15) is 0 Å². The number of esters is 1. The van der Waals surface area contributed by atoms with E-state index in [0.717, 1.165) is 16.0 Å². The molecule has 27 heavy (non-hydrogen) atoms. The Morgan fingerprint density at radius 2 is 1.78 bits per heavy atom. The average molecular weight is 388 g/mol. The maximum atomic E-state index is 12.0. The van der Waals surface area contributed by atoms with Crippen molar-refractivity contribution in [3.8, 4) is 0 Å². The Bertz CT molecular complexity index is 840. The summed E-state index contributed by atoms with van der Waals surface area (Å²) >= 11 is 1.41. The van der Waals surface area contributed by atoms with Gasteiger partial charge in [-0.25, -0.2) is 0 Å². The topological polar surface area (TPSA) is 72.5 Å². The lowest BCUT2D eigenvalue weighted by Gasteiger charge is -2.15. The predicted molar refractivity (Wildman–Crippen MR) is 106 cm³/mol.